The molecule has 1 atom stereocenters. The SMILES string of the molecule is CCOC(=O)N1CCN(C(=O)C(C)n2cc(NC(=O)c3cc(C(F)(F)F)n(C)n3)c(C)n2)CC1. The fourth-order valence-electron chi connectivity index (χ4n) is 3.53. The van der Waals surface area contributed by atoms with E-state index < -0.39 is 35.6 Å². The highest BCUT2D eigenvalue weighted by Crippen LogP contribution is 2.29. The molecule has 1 saturated heterocycles. The van der Waals surface area contributed by atoms with Crippen LogP contribution in [0.5, 0.6) is 0 Å². The Labute approximate surface area is 193 Å². The van der Waals surface area contributed by atoms with Crippen molar-refractivity contribution in [2.75, 3.05) is 38.1 Å². The first-order valence-corrected chi connectivity index (χ1v) is 10.6. The van der Waals surface area contributed by atoms with Crippen molar-refractivity contribution in [3.05, 3.63) is 29.3 Å². The van der Waals surface area contributed by atoms with Crippen molar-refractivity contribution in [1.82, 2.24) is 29.4 Å². The number of carbonyl (C=O) groups is 3. The molecular formula is C20H26F3N7O4. The number of hydrogen-bond donors (Lipinski definition) is 1. The number of piperazine rings is 1. The topological polar surface area (TPSA) is 115 Å². The average Bonchev–Trinajstić information content (AvgIpc) is 3.35. The monoisotopic (exact) mass is 485 g/mol. The fraction of sp³-hybridized carbons (Fsp3) is 0.550. The van der Waals surface area contributed by atoms with E-state index in [1.165, 1.54) is 15.8 Å². The van der Waals surface area contributed by atoms with Gasteiger partial charge in [-0.05, 0) is 20.8 Å². The molecule has 186 valence electrons. The summed E-state index contributed by atoms with van der Waals surface area (Å²) in [6.45, 7) is 6.61. The van der Waals surface area contributed by atoms with Gasteiger partial charge in [0, 0.05) is 45.5 Å². The van der Waals surface area contributed by atoms with Crippen LogP contribution in [0, 0.1) is 6.92 Å². The highest BCUT2D eigenvalue weighted by atomic mass is 19.4. The van der Waals surface area contributed by atoms with Gasteiger partial charge < -0.3 is 19.9 Å². The molecular weight excluding hydrogens is 459 g/mol. The van der Waals surface area contributed by atoms with Gasteiger partial charge in [-0.3, -0.25) is 19.0 Å². The van der Waals surface area contributed by atoms with Gasteiger partial charge >= 0.3 is 12.3 Å². The first-order valence-electron chi connectivity index (χ1n) is 10.6. The molecule has 1 aliphatic heterocycles. The molecule has 0 aliphatic carbocycles. The number of hydrogen-bond acceptors (Lipinski definition) is 6. The van der Waals surface area contributed by atoms with Crippen LogP contribution < -0.4 is 5.32 Å². The molecule has 2 aromatic heterocycles. The third-order valence-corrected chi connectivity index (χ3v) is 5.44. The zero-order valence-corrected chi connectivity index (χ0v) is 19.2. The number of carbonyl (C=O) groups excluding carboxylic acids is 3. The minimum atomic E-state index is -4.64. The van der Waals surface area contributed by atoms with Crippen LogP contribution in [0.25, 0.3) is 0 Å². The maximum Gasteiger partial charge on any atom is 0.433 e. The zero-order chi connectivity index (χ0) is 25.2. The second-order valence-corrected chi connectivity index (χ2v) is 7.79. The van der Waals surface area contributed by atoms with E-state index in [0.29, 0.717) is 42.6 Å². The number of amides is 3. The van der Waals surface area contributed by atoms with E-state index in [4.69, 9.17) is 4.74 Å². The predicted octanol–water partition coefficient (Wildman–Crippen LogP) is 2.06. The van der Waals surface area contributed by atoms with Crippen molar-refractivity contribution in [1.29, 1.82) is 0 Å². The number of aryl methyl sites for hydroxylation is 2. The third kappa shape index (κ3) is 5.31. The second-order valence-electron chi connectivity index (χ2n) is 7.79. The molecule has 0 aromatic carbocycles. The predicted molar refractivity (Wildman–Crippen MR) is 113 cm³/mol. The average molecular weight is 485 g/mol. The molecule has 0 saturated carbocycles. The molecule has 3 amide bonds. The molecule has 0 spiro atoms. The largest absolute Gasteiger partial charge is 0.450 e. The summed E-state index contributed by atoms with van der Waals surface area (Å²) in [5.41, 5.74) is -0.819. The van der Waals surface area contributed by atoms with Crippen LogP contribution in [0.4, 0.5) is 23.7 Å². The standard InChI is InChI=1S/C20H26F3N7O4/c1-5-34-19(33)29-8-6-28(7-9-29)18(32)13(3)30-11-15(12(2)25-30)24-17(31)14-10-16(20(21,22)23)27(4)26-14/h10-11,13H,5-9H2,1-4H3,(H,24,31). The van der Waals surface area contributed by atoms with Gasteiger partial charge in [-0.15, -0.1) is 0 Å². The molecule has 11 nitrogen and oxygen atoms in total. The van der Waals surface area contributed by atoms with Gasteiger partial charge in [-0.2, -0.15) is 23.4 Å². The Morgan fingerprint density at radius 1 is 1.15 bits per heavy atom. The lowest BCUT2D eigenvalue weighted by Gasteiger charge is -2.35. The summed E-state index contributed by atoms with van der Waals surface area (Å²) < 4.78 is 45.8. The van der Waals surface area contributed by atoms with Gasteiger partial charge in [0.1, 0.15) is 11.7 Å². The summed E-state index contributed by atoms with van der Waals surface area (Å²) in [5, 5.41) is 10.4. The molecule has 0 radical (unpaired) electrons. The lowest BCUT2D eigenvalue weighted by atomic mass is 10.2. The van der Waals surface area contributed by atoms with E-state index >= 15 is 0 Å². The molecule has 1 N–H and O–H groups in total. The van der Waals surface area contributed by atoms with Crippen LogP contribution in [0.15, 0.2) is 12.3 Å². The Bertz CT molecular complexity index is 1070. The van der Waals surface area contributed by atoms with E-state index in [1.807, 2.05) is 0 Å². The van der Waals surface area contributed by atoms with Crippen molar-refractivity contribution in [3.63, 3.8) is 0 Å². The molecule has 1 unspecified atom stereocenters. The second kappa shape index (κ2) is 9.73. The van der Waals surface area contributed by atoms with E-state index in [-0.39, 0.29) is 18.2 Å². The van der Waals surface area contributed by atoms with E-state index in [0.717, 1.165) is 7.05 Å². The Balaban J connectivity index is 1.65. The Morgan fingerprint density at radius 2 is 1.76 bits per heavy atom. The first-order chi connectivity index (χ1) is 15.9. The number of alkyl halides is 3. The number of ether oxygens (including phenoxy) is 1. The summed E-state index contributed by atoms with van der Waals surface area (Å²) in [4.78, 5) is 40.3. The number of anilines is 1. The summed E-state index contributed by atoms with van der Waals surface area (Å²) in [6.07, 6.45) is -3.61. The van der Waals surface area contributed by atoms with E-state index in [9.17, 15) is 27.6 Å². The maximum atomic E-state index is 13.0. The lowest BCUT2D eigenvalue weighted by Crippen LogP contribution is -2.52. The molecule has 34 heavy (non-hydrogen) atoms. The summed E-state index contributed by atoms with van der Waals surface area (Å²) >= 11 is 0. The highest BCUT2D eigenvalue weighted by molar-refractivity contribution is 6.03. The Hall–Kier alpha value is -3.58. The molecule has 3 heterocycles. The van der Waals surface area contributed by atoms with Crippen molar-refractivity contribution < 1.29 is 32.3 Å². The fourth-order valence-corrected chi connectivity index (χ4v) is 3.53. The smallest absolute Gasteiger partial charge is 0.433 e. The van der Waals surface area contributed by atoms with Gasteiger partial charge in [-0.1, -0.05) is 0 Å². The van der Waals surface area contributed by atoms with E-state index in [2.05, 4.69) is 15.5 Å². The van der Waals surface area contributed by atoms with Crippen molar-refractivity contribution in [3.8, 4) is 0 Å². The molecule has 0 bridgehead atoms. The van der Waals surface area contributed by atoms with Gasteiger partial charge in [-0.25, -0.2) is 4.79 Å². The lowest BCUT2D eigenvalue weighted by molar-refractivity contribution is -0.143. The summed E-state index contributed by atoms with van der Waals surface area (Å²) in [7, 11) is 1.10. The number of aromatic nitrogens is 4. The quantitative estimate of drug-likeness (QED) is 0.694. The minimum absolute atomic E-state index is 0.219. The summed E-state index contributed by atoms with van der Waals surface area (Å²) in [6, 6.07) is -0.0397. The number of nitrogens with zero attached hydrogens (tertiary/aromatic N) is 6. The molecule has 1 fully saturated rings. The normalized spacial score (nSPS) is 15.3. The van der Waals surface area contributed by atoms with E-state index in [1.54, 1.807) is 25.7 Å². The first kappa shape index (κ1) is 25.1. The van der Waals surface area contributed by atoms with Crippen molar-refractivity contribution in [2.24, 2.45) is 7.05 Å². The Morgan fingerprint density at radius 3 is 2.32 bits per heavy atom. The zero-order valence-electron chi connectivity index (χ0n) is 19.2. The van der Waals surface area contributed by atoms with Gasteiger partial charge in [0.2, 0.25) is 5.91 Å². The minimum Gasteiger partial charge on any atom is -0.450 e. The van der Waals surface area contributed by atoms with Crippen molar-refractivity contribution >= 4 is 23.6 Å². The Kier molecular flexibility index (Phi) is 7.17. The van der Waals surface area contributed by atoms with Gasteiger partial charge in [0.05, 0.1) is 18.0 Å². The molecule has 14 heteroatoms. The van der Waals surface area contributed by atoms with Crippen molar-refractivity contribution in [2.45, 2.75) is 33.0 Å². The third-order valence-electron chi connectivity index (χ3n) is 5.44. The number of nitrogens with one attached hydrogen (secondary N) is 1. The van der Waals surface area contributed by atoms with Crippen LogP contribution >= 0.6 is 0 Å². The van der Waals surface area contributed by atoms with Crippen LogP contribution in [0.2, 0.25) is 0 Å². The molecule has 2 aromatic rings. The summed E-state index contributed by atoms with van der Waals surface area (Å²) in [5.74, 6) is -1.05. The van der Waals surface area contributed by atoms with Gasteiger partial charge in [0.15, 0.2) is 5.69 Å². The molecule has 1 aliphatic rings. The maximum absolute atomic E-state index is 13.0. The molecule has 3 rings (SSSR count). The van der Waals surface area contributed by atoms with Crippen LogP contribution in [-0.2, 0) is 22.8 Å². The number of halogens is 3. The van der Waals surface area contributed by atoms with Crippen LogP contribution in [0.3, 0.4) is 0 Å². The van der Waals surface area contributed by atoms with Crippen LogP contribution in [-0.4, -0.2) is 80.1 Å². The van der Waals surface area contributed by atoms with Crippen LogP contribution in [0.1, 0.15) is 41.8 Å². The highest BCUT2D eigenvalue weighted by Gasteiger charge is 2.36. The number of rotatable bonds is 5. The van der Waals surface area contributed by atoms with Gasteiger partial charge in [0.25, 0.3) is 5.91 Å².